The highest BCUT2D eigenvalue weighted by Gasteiger charge is 2.08. The van der Waals surface area contributed by atoms with Gasteiger partial charge in [-0.25, -0.2) is 5.43 Å². The highest BCUT2D eigenvalue weighted by Crippen LogP contribution is 2.16. The van der Waals surface area contributed by atoms with Crippen LogP contribution in [0.3, 0.4) is 0 Å². The molecule has 0 bridgehead atoms. The van der Waals surface area contributed by atoms with Crippen LogP contribution in [0.25, 0.3) is 0 Å². The molecule has 0 aliphatic heterocycles. The van der Waals surface area contributed by atoms with Crippen LogP contribution in [0.15, 0.2) is 77.9 Å². The van der Waals surface area contributed by atoms with Gasteiger partial charge in [-0.05, 0) is 72.5 Å². The lowest BCUT2D eigenvalue weighted by Gasteiger charge is -2.08. The molecule has 0 unspecified atom stereocenters. The van der Waals surface area contributed by atoms with Crippen molar-refractivity contribution in [3.05, 3.63) is 100 Å². The Labute approximate surface area is 187 Å². The van der Waals surface area contributed by atoms with Crippen LogP contribution in [0.4, 0.5) is 5.69 Å². The summed E-state index contributed by atoms with van der Waals surface area (Å²) < 4.78 is 0. The molecule has 158 valence electrons. The number of hydrogen-bond donors (Lipinski definition) is 2. The minimum absolute atomic E-state index is 0.217. The lowest BCUT2D eigenvalue weighted by Crippen LogP contribution is -2.19. The molecule has 3 rings (SSSR count). The van der Waals surface area contributed by atoms with Crippen molar-refractivity contribution in [1.29, 1.82) is 0 Å². The second-order valence-electron chi connectivity index (χ2n) is 7.45. The van der Waals surface area contributed by atoms with Gasteiger partial charge in [-0.3, -0.25) is 9.59 Å². The molecule has 0 radical (unpaired) electrons. The van der Waals surface area contributed by atoms with E-state index in [9.17, 15) is 9.59 Å². The van der Waals surface area contributed by atoms with Crippen LogP contribution >= 0.6 is 11.6 Å². The number of hydrazone groups is 1. The summed E-state index contributed by atoms with van der Waals surface area (Å²) in [5.74, 6) is -0.0663. The van der Waals surface area contributed by atoms with E-state index >= 15 is 0 Å². The van der Waals surface area contributed by atoms with E-state index in [-0.39, 0.29) is 11.8 Å². The Hall–Kier alpha value is -3.44. The summed E-state index contributed by atoms with van der Waals surface area (Å²) in [5.41, 5.74) is 6.99. The first kappa shape index (κ1) is 22.2. The fraction of sp³-hybridized carbons (Fsp3) is 0.160. The Balaban J connectivity index is 1.60. The molecular weight excluding hydrogens is 410 g/mol. The first-order valence-corrected chi connectivity index (χ1v) is 10.3. The number of hydrogen-bond acceptors (Lipinski definition) is 3. The van der Waals surface area contributed by atoms with E-state index in [0.717, 1.165) is 5.56 Å². The van der Waals surface area contributed by atoms with Gasteiger partial charge >= 0.3 is 0 Å². The fourth-order valence-corrected chi connectivity index (χ4v) is 3.01. The summed E-state index contributed by atoms with van der Waals surface area (Å²) in [6, 6.07) is 21.4. The van der Waals surface area contributed by atoms with Gasteiger partial charge in [-0.2, -0.15) is 5.10 Å². The lowest BCUT2D eigenvalue weighted by molar-refractivity contribution is 0.0954. The monoisotopic (exact) mass is 433 g/mol. The maximum absolute atomic E-state index is 12.3. The molecular formula is C25H24ClN3O2. The highest BCUT2D eigenvalue weighted by atomic mass is 35.5. The number of nitrogens with zero attached hydrogens (tertiary/aromatic N) is 1. The SMILES string of the molecule is C/C(=N/NC(=O)c1ccc(C(C)C)cc1)c1ccc(NC(=O)c2ccc(Cl)cc2)cc1. The largest absolute Gasteiger partial charge is 0.322 e. The number of amides is 2. The van der Waals surface area contributed by atoms with Crippen LogP contribution < -0.4 is 10.7 Å². The molecule has 0 atom stereocenters. The average molecular weight is 434 g/mol. The Bertz CT molecular complexity index is 1090. The second-order valence-corrected chi connectivity index (χ2v) is 7.89. The minimum atomic E-state index is -0.262. The predicted octanol–water partition coefficient (Wildman–Crippen LogP) is 5.87. The third-order valence-electron chi connectivity index (χ3n) is 4.83. The molecule has 0 aromatic heterocycles. The summed E-state index contributed by atoms with van der Waals surface area (Å²) in [5, 5.41) is 7.61. The third kappa shape index (κ3) is 6.03. The van der Waals surface area contributed by atoms with Crippen molar-refractivity contribution in [2.24, 2.45) is 5.10 Å². The molecule has 3 aromatic rings. The van der Waals surface area contributed by atoms with Gasteiger partial charge in [-0.1, -0.05) is 49.7 Å². The second kappa shape index (κ2) is 10.0. The first-order chi connectivity index (χ1) is 14.8. The van der Waals surface area contributed by atoms with E-state index in [2.05, 4.69) is 29.7 Å². The number of rotatable bonds is 6. The van der Waals surface area contributed by atoms with E-state index < -0.39 is 0 Å². The standard InChI is InChI=1S/C25H24ClN3O2/c1-16(2)18-4-6-21(7-5-18)25(31)29-28-17(3)19-10-14-23(15-11-19)27-24(30)20-8-12-22(26)13-9-20/h4-16H,1-3H3,(H,27,30)(H,29,31)/b28-17-. The van der Waals surface area contributed by atoms with E-state index in [0.29, 0.717) is 33.5 Å². The molecule has 0 heterocycles. The van der Waals surface area contributed by atoms with E-state index in [1.165, 1.54) is 5.56 Å². The molecule has 5 nitrogen and oxygen atoms in total. The normalized spacial score (nSPS) is 11.3. The zero-order chi connectivity index (χ0) is 22.4. The summed E-state index contributed by atoms with van der Waals surface area (Å²) in [4.78, 5) is 24.6. The third-order valence-corrected chi connectivity index (χ3v) is 5.08. The van der Waals surface area contributed by atoms with Crippen molar-refractivity contribution in [3.63, 3.8) is 0 Å². The van der Waals surface area contributed by atoms with Gasteiger partial charge in [0.15, 0.2) is 0 Å². The first-order valence-electron chi connectivity index (χ1n) is 9.95. The van der Waals surface area contributed by atoms with Crippen LogP contribution in [0, 0.1) is 0 Å². The fourth-order valence-electron chi connectivity index (χ4n) is 2.88. The lowest BCUT2D eigenvalue weighted by atomic mass is 10.0. The van der Waals surface area contributed by atoms with Crippen LogP contribution in [0.2, 0.25) is 5.02 Å². The van der Waals surface area contributed by atoms with Crippen molar-refractivity contribution in [1.82, 2.24) is 5.43 Å². The number of carbonyl (C=O) groups excluding carboxylic acids is 2. The Morgan fingerprint density at radius 3 is 1.87 bits per heavy atom. The minimum Gasteiger partial charge on any atom is -0.322 e. The Morgan fingerprint density at radius 1 is 0.774 bits per heavy atom. The van der Waals surface area contributed by atoms with Gasteiger partial charge in [0.05, 0.1) is 5.71 Å². The van der Waals surface area contributed by atoms with E-state index in [1.807, 2.05) is 31.2 Å². The topological polar surface area (TPSA) is 70.6 Å². The molecule has 0 spiro atoms. The van der Waals surface area contributed by atoms with Crippen molar-refractivity contribution in [2.75, 3.05) is 5.32 Å². The van der Waals surface area contributed by atoms with Gasteiger partial charge in [0, 0.05) is 21.8 Å². The van der Waals surface area contributed by atoms with Gasteiger partial charge in [-0.15, -0.1) is 0 Å². The van der Waals surface area contributed by atoms with E-state index in [1.54, 1.807) is 48.5 Å². The van der Waals surface area contributed by atoms with Crippen molar-refractivity contribution >= 4 is 34.8 Å². The van der Waals surface area contributed by atoms with Crippen molar-refractivity contribution in [2.45, 2.75) is 26.7 Å². The summed E-state index contributed by atoms with van der Waals surface area (Å²) in [7, 11) is 0. The highest BCUT2D eigenvalue weighted by molar-refractivity contribution is 6.30. The van der Waals surface area contributed by atoms with Gasteiger partial charge in [0.2, 0.25) is 0 Å². The zero-order valence-corrected chi connectivity index (χ0v) is 18.4. The molecule has 6 heteroatoms. The summed E-state index contributed by atoms with van der Waals surface area (Å²) in [6.45, 7) is 6.03. The van der Waals surface area contributed by atoms with Crippen LogP contribution in [-0.2, 0) is 0 Å². The average Bonchev–Trinajstić information content (AvgIpc) is 2.78. The smallest absolute Gasteiger partial charge is 0.271 e. The zero-order valence-electron chi connectivity index (χ0n) is 17.6. The van der Waals surface area contributed by atoms with Crippen LogP contribution in [-0.4, -0.2) is 17.5 Å². The molecule has 2 amide bonds. The number of carbonyl (C=O) groups is 2. The van der Waals surface area contributed by atoms with Crippen LogP contribution in [0.1, 0.15) is 58.5 Å². The molecule has 2 N–H and O–H groups in total. The molecule has 0 fully saturated rings. The Morgan fingerprint density at radius 2 is 1.29 bits per heavy atom. The van der Waals surface area contributed by atoms with Gasteiger partial charge in [0.25, 0.3) is 11.8 Å². The van der Waals surface area contributed by atoms with Gasteiger partial charge < -0.3 is 5.32 Å². The van der Waals surface area contributed by atoms with Gasteiger partial charge in [0.1, 0.15) is 0 Å². The molecule has 0 aliphatic rings. The van der Waals surface area contributed by atoms with E-state index in [4.69, 9.17) is 11.6 Å². The molecule has 0 saturated carbocycles. The predicted molar refractivity (Wildman–Crippen MR) is 126 cm³/mol. The molecule has 3 aromatic carbocycles. The summed E-state index contributed by atoms with van der Waals surface area (Å²) in [6.07, 6.45) is 0. The number of halogens is 1. The maximum atomic E-state index is 12.3. The maximum Gasteiger partial charge on any atom is 0.271 e. The summed E-state index contributed by atoms with van der Waals surface area (Å²) >= 11 is 5.85. The number of anilines is 1. The van der Waals surface area contributed by atoms with Crippen molar-refractivity contribution in [3.8, 4) is 0 Å². The number of nitrogens with one attached hydrogen (secondary N) is 2. The molecule has 0 saturated heterocycles. The van der Waals surface area contributed by atoms with Crippen molar-refractivity contribution < 1.29 is 9.59 Å². The molecule has 31 heavy (non-hydrogen) atoms. The number of benzene rings is 3. The Kier molecular flexibility index (Phi) is 7.21. The molecule has 0 aliphatic carbocycles. The van der Waals surface area contributed by atoms with Crippen LogP contribution in [0.5, 0.6) is 0 Å². The quantitative estimate of drug-likeness (QED) is 0.377.